The second kappa shape index (κ2) is 19.0. The van der Waals surface area contributed by atoms with Gasteiger partial charge in [-0.3, -0.25) is 14.9 Å². The molecule has 0 aliphatic carbocycles. The molecule has 1 aromatic heterocycles. The number of unbranched alkanes of at least 4 members (excludes halogenated alkanes) is 3. The largest absolute Gasteiger partial charge is 0.514 e. The van der Waals surface area contributed by atoms with Gasteiger partial charge in [-0.25, -0.2) is 9.59 Å². The van der Waals surface area contributed by atoms with E-state index in [4.69, 9.17) is 23.4 Å². The van der Waals surface area contributed by atoms with E-state index in [-0.39, 0.29) is 28.6 Å². The van der Waals surface area contributed by atoms with Crippen molar-refractivity contribution in [3.8, 4) is 5.75 Å². The van der Waals surface area contributed by atoms with E-state index in [0.29, 0.717) is 37.1 Å². The third kappa shape index (κ3) is 14.7. The Morgan fingerprint density at radius 1 is 0.836 bits per heavy atom. The first-order valence-corrected chi connectivity index (χ1v) is 21.9. The number of pyridine rings is 1. The molecule has 304 valence electrons. The number of hydrogen-bond acceptors (Lipinski definition) is 10. The summed E-state index contributed by atoms with van der Waals surface area (Å²) in [7, 11) is -2.45. The first-order chi connectivity index (χ1) is 25.5. The fraction of sp³-hybridized carbons (Fsp3) is 0.585. The van der Waals surface area contributed by atoms with Crippen molar-refractivity contribution in [2.75, 3.05) is 26.3 Å². The van der Waals surface area contributed by atoms with E-state index < -0.39 is 42.8 Å². The van der Waals surface area contributed by atoms with Crippen LogP contribution in [0.5, 0.6) is 5.75 Å². The average Bonchev–Trinajstić information content (AvgIpc) is 3.04. The van der Waals surface area contributed by atoms with Crippen LogP contribution in [0, 0.1) is 10.1 Å². The van der Waals surface area contributed by atoms with Gasteiger partial charge in [0.1, 0.15) is 11.2 Å². The SMILES string of the molecule is CC(C)(C)OC(=O)Oc1ccc([C@H](CN(CCCCCCOCCc2ccc([N+](=O)[O-])cc2)C(=O)OC(C)(C)C)O[Si](C)(C)C(C)(C)C)c2ccc(=O)[nH]c12. The third-order valence-corrected chi connectivity index (χ3v) is 13.7. The molecule has 14 heteroatoms. The van der Waals surface area contributed by atoms with Crippen LogP contribution < -0.4 is 10.3 Å². The maximum Gasteiger partial charge on any atom is 0.514 e. The highest BCUT2D eigenvalue weighted by Crippen LogP contribution is 2.42. The topological polar surface area (TPSA) is 160 Å². The number of nitro benzene ring substituents is 1. The first-order valence-electron chi connectivity index (χ1n) is 19.0. The molecule has 0 aliphatic heterocycles. The number of hydrogen-bond donors (Lipinski definition) is 1. The van der Waals surface area contributed by atoms with Gasteiger partial charge in [-0.2, -0.15) is 0 Å². The summed E-state index contributed by atoms with van der Waals surface area (Å²) < 4.78 is 29.7. The fourth-order valence-electron chi connectivity index (χ4n) is 5.43. The zero-order valence-corrected chi connectivity index (χ0v) is 35.5. The number of non-ortho nitro benzene ring substituents is 1. The van der Waals surface area contributed by atoms with Gasteiger partial charge in [0.15, 0.2) is 14.1 Å². The van der Waals surface area contributed by atoms with Crippen LogP contribution in [0.3, 0.4) is 0 Å². The number of aromatic amines is 1. The smallest absolute Gasteiger partial charge is 0.444 e. The second-order valence-electron chi connectivity index (χ2n) is 17.3. The molecule has 1 atom stereocenters. The number of carbonyl (C=O) groups is 2. The molecule has 3 aromatic rings. The Bertz CT molecular complexity index is 1800. The minimum Gasteiger partial charge on any atom is -0.444 e. The van der Waals surface area contributed by atoms with Gasteiger partial charge in [0.05, 0.1) is 29.7 Å². The van der Waals surface area contributed by atoms with Crippen molar-refractivity contribution < 1.29 is 37.9 Å². The van der Waals surface area contributed by atoms with Crippen LogP contribution in [0.4, 0.5) is 15.3 Å². The monoisotopic (exact) mass is 783 g/mol. The minimum atomic E-state index is -2.45. The number of aromatic nitrogens is 1. The molecule has 0 spiro atoms. The number of fused-ring (bicyclic) bond motifs is 1. The number of H-pyrrole nitrogens is 1. The lowest BCUT2D eigenvalue weighted by Crippen LogP contribution is -2.46. The summed E-state index contributed by atoms with van der Waals surface area (Å²) in [6.07, 6.45) is 2.06. The van der Waals surface area contributed by atoms with Crippen molar-refractivity contribution >= 4 is 37.2 Å². The van der Waals surface area contributed by atoms with Crippen molar-refractivity contribution in [2.24, 2.45) is 0 Å². The summed E-state index contributed by atoms with van der Waals surface area (Å²) in [6, 6.07) is 13.0. The number of amides is 1. The van der Waals surface area contributed by atoms with E-state index in [1.54, 1.807) is 49.9 Å². The molecule has 0 fully saturated rings. The number of carbonyl (C=O) groups excluding carboxylic acids is 2. The molecule has 0 saturated carbocycles. The Kier molecular flexibility index (Phi) is 15.6. The minimum absolute atomic E-state index is 0.0699. The van der Waals surface area contributed by atoms with E-state index in [9.17, 15) is 24.5 Å². The Balaban J connectivity index is 1.80. The molecule has 2 aromatic carbocycles. The van der Waals surface area contributed by atoms with E-state index in [2.05, 4.69) is 38.8 Å². The molecule has 0 unspecified atom stereocenters. The van der Waals surface area contributed by atoms with Crippen LogP contribution in [0.1, 0.15) is 105 Å². The highest BCUT2D eigenvalue weighted by molar-refractivity contribution is 6.74. The number of nitrogens with zero attached hydrogens (tertiary/aromatic N) is 2. The van der Waals surface area contributed by atoms with Crippen molar-refractivity contribution in [3.05, 3.63) is 80.1 Å². The summed E-state index contributed by atoms with van der Waals surface area (Å²) in [6.45, 7) is 23.2. The van der Waals surface area contributed by atoms with Gasteiger partial charge in [0.2, 0.25) is 5.56 Å². The molecule has 1 N–H and O–H groups in total. The molecule has 1 amide bonds. The molecule has 0 aliphatic rings. The standard InChI is InChI=1S/C41H61N3O10Si/c1-39(2,3)52-37(46)43(25-14-12-13-15-26-50-27-24-29-16-18-30(19-17-29)44(48)49)28-34(54-55(10,11)41(7,8)9)31-20-22-33(51-38(47)53-40(4,5)6)36-32(31)21-23-35(45)42-36/h16-23,34H,12-15,24-28H2,1-11H3,(H,42,45)/t34-/m0/s1. The number of rotatable bonds is 17. The summed E-state index contributed by atoms with van der Waals surface area (Å²) in [5, 5.41) is 11.3. The quantitative estimate of drug-likeness (QED) is 0.0349. The Morgan fingerprint density at radius 2 is 1.47 bits per heavy atom. The van der Waals surface area contributed by atoms with Gasteiger partial charge in [-0.05, 0) is 102 Å². The van der Waals surface area contributed by atoms with Crippen LogP contribution in [0.15, 0.2) is 53.3 Å². The summed E-state index contributed by atoms with van der Waals surface area (Å²) >= 11 is 0. The van der Waals surface area contributed by atoms with Crippen molar-refractivity contribution in [1.29, 1.82) is 0 Å². The average molecular weight is 784 g/mol. The van der Waals surface area contributed by atoms with E-state index >= 15 is 0 Å². The first kappa shape index (κ1) is 45.1. The van der Waals surface area contributed by atoms with Gasteiger partial charge in [-0.1, -0.05) is 51.8 Å². The van der Waals surface area contributed by atoms with E-state index in [0.717, 1.165) is 36.8 Å². The van der Waals surface area contributed by atoms with Gasteiger partial charge in [0.25, 0.3) is 5.69 Å². The highest BCUT2D eigenvalue weighted by Gasteiger charge is 2.41. The molecular weight excluding hydrogens is 723 g/mol. The zero-order valence-electron chi connectivity index (χ0n) is 34.5. The Labute approximate surface area is 326 Å². The Morgan fingerprint density at radius 3 is 2.07 bits per heavy atom. The van der Waals surface area contributed by atoms with Gasteiger partial charge in [0, 0.05) is 36.7 Å². The number of benzene rings is 2. The van der Waals surface area contributed by atoms with Crippen molar-refractivity contribution in [2.45, 2.75) is 130 Å². The van der Waals surface area contributed by atoms with Crippen molar-refractivity contribution in [1.82, 2.24) is 9.88 Å². The molecule has 0 bridgehead atoms. The fourth-order valence-corrected chi connectivity index (χ4v) is 6.69. The normalized spacial score (nSPS) is 13.0. The van der Waals surface area contributed by atoms with Gasteiger partial charge >= 0.3 is 12.2 Å². The van der Waals surface area contributed by atoms with Crippen LogP contribution in [0.25, 0.3) is 10.9 Å². The molecule has 0 radical (unpaired) electrons. The predicted octanol–water partition coefficient (Wildman–Crippen LogP) is 9.87. The lowest BCUT2D eigenvalue weighted by molar-refractivity contribution is -0.384. The maximum atomic E-state index is 13.8. The lowest BCUT2D eigenvalue weighted by atomic mass is 10.0. The van der Waals surface area contributed by atoms with Crippen LogP contribution >= 0.6 is 0 Å². The van der Waals surface area contributed by atoms with Crippen LogP contribution in [-0.4, -0.2) is 72.9 Å². The molecule has 1 heterocycles. The number of ether oxygens (including phenoxy) is 4. The summed E-state index contributed by atoms with van der Waals surface area (Å²) in [4.78, 5) is 54.0. The number of nitro groups is 1. The second-order valence-corrected chi connectivity index (χ2v) is 22.1. The third-order valence-electron chi connectivity index (χ3n) is 9.25. The maximum absolute atomic E-state index is 13.8. The van der Waals surface area contributed by atoms with Gasteiger partial charge in [-0.15, -0.1) is 0 Å². The zero-order chi connectivity index (χ0) is 41.2. The van der Waals surface area contributed by atoms with Crippen molar-refractivity contribution in [3.63, 3.8) is 0 Å². The molecule has 55 heavy (non-hydrogen) atoms. The van der Waals surface area contributed by atoms with E-state index in [1.807, 2.05) is 26.8 Å². The number of nitrogens with one attached hydrogen (secondary N) is 1. The van der Waals surface area contributed by atoms with Crippen LogP contribution in [0.2, 0.25) is 18.1 Å². The summed E-state index contributed by atoms with van der Waals surface area (Å²) in [5.41, 5.74) is 0.232. The molecule has 0 saturated heterocycles. The van der Waals surface area contributed by atoms with Crippen LogP contribution in [-0.2, 0) is 25.1 Å². The highest BCUT2D eigenvalue weighted by atomic mass is 28.4. The molecular formula is C41H61N3O10Si. The molecule has 13 nitrogen and oxygen atoms in total. The van der Waals surface area contributed by atoms with E-state index in [1.165, 1.54) is 18.2 Å². The Hall–Kier alpha value is -4.27. The lowest BCUT2D eigenvalue weighted by Gasteiger charge is -2.41. The summed E-state index contributed by atoms with van der Waals surface area (Å²) in [5.74, 6) is 0.135. The predicted molar refractivity (Wildman–Crippen MR) is 216 cm³/mol. The van der Waals surface area contributed by atoms with Gasteiger partial charge < -0.3 is 33.3 Å². The molecule has 3 rings (SSSR count).